The molecule has 2 heterocycles. The fraction of sp³-hybridized carbons (Fsp3) is 0.333. The Bertz CT molecular complexity index is 949. The van der Waals surface area contributed by atoms with Crippen LogP contribution >= 0.6 is 23.1 Å². The topological polar surface area (TPSA) is 102 Å². The first-order valence-electron chi connectivity index (χ1n) is 8.48. The fourth-order valence-electron chi connectivity index (χ4n) is 2.17. The first-order chi connectivity index (χ1) is 13.3. The number of hydrogen-bond donors (Lipinski definition) is 2. The van der Waals surface area contributed by atoms with Gasteiger partial charge >= 0.3 is 0 Å². The number of hydrogen-bond acceptors (Lipinski definition) is 9. The van der Waals surface area contributed by atoms with E-state index in [4.69, 9.17) is 9.26 Å². The van der Waals surface area contributed by atoms with Gasteiger partial charge in [-0.1, -0.05) is 61.2 Å². The normalized spacial score (nSPS) is 11.3. The summed E-state index contributed by atoms with van der Waals surface area (Å²) < 4.78 is 11.2. The van der Waals surface area contributed by atoms with E-state index in [1.165, 1.54) is 23.1 Å². The van der Waals surface area contributed by atoms with E-state index in [1.54, 1.807) is 13.2 Å². The summed E-state index contributed by atoms with van der Waals surface area (Å²) in [4.78, 5) is 12.1. The molecular formula is C18H21N5O3S2. The van der Waals surface area contributed by atoms with E-state index in [-0.39, 0.29) is 17.1 Å². The number of thioether (sulfide) groups is 1. The second-order valence-electron chi connectivity index (χ2n) is 6.86. The van der Waals surface area contributed by atoms with Gasteiger partial charge < -0.3 is 14.6 Å². The molecule has 10 heteroatoms. The zero-order valence-corrected chi connectivity index (χ0v) is 17.6. The van der Waals surface area contributed by atoms with E-state index in [0.29, 0.717) is 21.1 Å². The standard InChI is InChI=1S/C18H21N5O3S2/c1-18(2,3)13-9-15(26-23-13)20-14(24)10-27-17-22-21-16(28-17)19-11-7-5-6-8-12(11)25-4/h5-9H,10H2,1-4H3,(H,19,21)(H,20,24). The number of carbonyl (C=O) groups is 1. The molecule has 28 heavy (non-hydrogen) atoms. The third kappa shape index (κ3) is 5.23. The van der Waals surface area contributed by atoms with E-state index in [2.05, 4.69) is 26.0 Å². The number of carbonyl (C=O) groups excluding carboxylic acids is 1. The lowest BCUT2D eigenvalue weighted by molar-refractivity contribution is -0.113. The van der Waals surface area contributed by atoms with E-state index >= 15 is 0 Å². The summed E-state index contributed by atoms with van der Waals surface area (Å²) in [6.45, 7) is 6.08. The first kappa shape index (κ1) is 20.2. The van der Waals surface area contributed by atoms with E-state index in [0.717, 1.165) is 11.4 Å². The monoisotopic (exact) mass is 419 g/mol. The molecule has 148 valence electrons. The van der Waals surface area contributed by atoms with Crippen molar-refractivity contribution in [1.29, 1.82) is 0 Å². The molecule has 0 unspecified atom stereocenters. The summed E-state index contributed by atoms with van der Waals surface area (Å²) in [5.41, 5.74) is 1.44. The highest BCUT2D eigenvalue weighted by Crippen LogP contribution is 2.31. The molecule has 0 saturated carbocycles. The molecule has 0 spiro atoms. The second kappa shape index (κ2) is 8.61. The Morgan fingerprint density at radius 2 is 2.07 bits per heavy atom. The highest BCUT2D eigenvalue weighted by atomic mass is 32.2. The third-order valence-electron chi connectivity index (χ3n) is 3.62. The summed E-state index contributed by atoms with van der Waals surface area (Å²) >= 11 is 2.66. The van der Waals surface area contributed by atoms with Crippen molar-refractivity contribution >= 4 is 45.7 Å². The maximum absolute atomic E-state index is 12.1. The van der Waals surface area contributed by atoms with Gasteiger partial charge in [0.15, 0.2) is 4.34 Å². The number of ether oxygens (including phenoxy) is 1. The molecule has 0 aliphatic carbocycles. The van der Waals surface area contributed by atoms with Crippen LogP contribution in [0.25, 0.3) is 0 Å². The molecule has 8 nitrogen and oxygen atoms in total. The lowest BCUT2D eigenvalue weighted by Gasteiger charge is -2.12. The maximum atomic E-state index is 12.1. The number of nitrogens with zero attached hydrogens (tertiary/aromatic N) is 3. The van der Waals surface area contributed by atoms with Gasteiger partial charge in [0.05, 0.1) is 24.2 Å². The number of nitrogens with one attached hydrogen (secondary N) is 2. The summed E-state index contributed by atoms with van der Waals surface area (Å²) in [5, 5.41) is 18.7. The molecule has 2 N–H and O–H groups in total. The first-order valence-corrected chi connectivity index (χ1v) is 10.3. The minimum absolute atomic E-state index is 0.140. The molecule has 0 saturated heterocycles. The van der Waals surface area contributed by atoms with Crippen LogP contribution in [-0.4, -0.2) is 34.1 Å². The van der Waals surface area contributed by atoms with E-state index in [9.17, 15) is 4.79 Å². The Kier molecular flexibility index (Phi) is 6.20. The van der Waals surface area contributed by atoms with Gasteiger partial charge in [0.1, 0.15) is 5.75 Å². The van der Waals surface area contributed by atoms with Gasteiger partial charge in [-0.15, -0.1) is 10.2 Å². The number of para-hydroxylation sites is 2. The molecule has 1 aromatic carbocycles. The van der Waals surface area contributed by atoms with Crippen LogP contribution in [0.15, 0.2) is 39.2 Å². The van der Waals surface area contributed by atoms with Gasteiger partial charge in [-0.3, -0.25) is 10.1 Å². The minimum Gasteiger partial charge on any atom is -0.495 e. The number of benzene rings is 1. The molecule has 3 rings (SSSR count). The zero-order valence-electron chi connectivity index (χ0n) is 16.0. The lowest BCUT2D eigenvalue weighted by Crippen LogP contribution is -2.14. The summed E-state index contributed by atoms with van der Waals surface area (Å²) in [6.07, 6.45) is 0. The van der Waals surface area contributed by atoms with Crippen molar-refractivity contribution in [1.82, 2.24) is 15.4 Å². The molecule has 1 amide bonds. The van der Waals surface area contributed by atoms with Gasteiger partial charge in [-0.2, -0.15) is 0 Å². The summed E-state index contributed by atoms with van der Waals surface area (Å²) in [5.74, 6) is 1.05. The Hall–Kier alpha value is -2.59. The van der Waals surface area contributed by atoms with Crippen LogP contribution in [0.2, 0.25) is 0 Å². The van der Waals surface area contributed by atoms with Crippen molar-refractivity contribution in [2.24, 2.45) is 0 Å². The van der Waals surface area contributed by atoms with Crippen LogP contribution in [0.5, 0.6) is 5.75 Å². The summed E-state index contributed by atoms with van der Waals surface area (Å²) in [7, 11) is 1.61. The second-order valence-corrected chi connectivity index (χ2v) is 9.06. The predicted molar refractivity (Wildman–Crippen MR) is 111 cm³/mol. The number of anilines is 3. The number of aromatic nitrogens is 3. The number of amides is 1. The Morgan fingerprint density at radius 1 is 1.29 bits per heavy atom. The van der Waals surface area contributed by atoms with Gasteiger partial charge in [0.2, 0.25) is 16.9 Å². The van der Waals surface area contributed by atoms with Crippen molar-refractivity contribution in [3.05, 3.63) is 36.0 Å². The quantitative estimate of drug-likeness (QED) is 0.546. The smallest absolute Gasteiger partial charge is 0.237 e. The molecule has 0 radical (unpaired) electrons. The lowest BCUT2D eigenvalue weighted by atomic mass is 9.92. The van der Waals surface area contributed by atoms with Crippen molar-refractivity contribution < 1.29 is 14.1 Å². The fourth-order valence-corrected chi connectivity index (χ4v) is 3.73. The molecule has 2 aromatic heterocycles. The van der Waals surface area contributed by atoms with Crippen LogP contribution in [-0.2, 0) is 10.2 Å². The Balaban J connectivity index is 1.52. The zero-order chi connectivity index (χ0) is 20.1. The van der Waals surface area contributed by atoms with Gasteiger partial charge in [0.25, 0.3) is 0 Å². The Labute approximate surface area is 171 Å². The van der Waals surface area contributed by atoms with Crippen LogP contribution in [0.4, 0.5) is 16.7 Å². The molecule has 0 aliphatic heterocycles. The van der Waals surface area contributed by atoms with E-state index in [1.807, 2.05) is 45.0 Å². The third-order valence-corrected chi connectivity index (χ3v) is 5.59. The molecule has 0 bridgehead atoms. The van der Waals surface area contributed by atoms with Crippen molar-refractivity contribution in [3.8, 4) is 5.75 Å². The average Bonchev–Trinajstić information content (AvgIpc) is 3.30. The van der Waals surface area contributed by atoms with Crippen molar-refractivity contribution in [2.75, 3.05) is 23.5 Å². The van der Waals surface area contributed by atoms with Gasteiger partial charge in [-0.05, 0) is 12.1 Å². The molecular weight excluding hydrogens is 398 g/mol. The molecule has 0 aliphatic rings. The van der Waals surface area contributed by atoms with Crippen LogP contribution in [0.1, 0.15) is 26.5 Å². The van der Waals surface area contributed by atoms with Crippen molar-refractivity contribution in [3.63, 3.8) is 0 Å². The van der Waals surface area contributed by atoms with Crippen LogP contribution < -0.4 is 15.4 Å². The summed E-state index contributed by atoms with van der Waals surface area (Å²) in [6, 6.07) is 9.29. The van der Waals surface area contributed by atoms with Gasteiger partial charge in [-0.25, -0.2) is 0 Å². The highest BCUT2D eigenvalue weighted by molar-refractivity contribution is 8.01. The predicted octanol–water partition coefficient (Wildman–Crippen LogP) is 4.31. The van der Waals surface area contributed by atoms with E-state index < -0.39 is 0 Å². The highest BCUT2D eigenvalue weighted by Gasteiger charge is 2.20. The maximum Gasteiger partial charge on any atom is 0.237 e. The molecule has 3 aromatic rings. The average molecular weight is 420 g/mol. The van der Waals surface area contributed by atoms with Gasteiger partial charge in [0, 0.05) is 11.5 Å². The largest absolute Gasteiger partial charge is 0.495 e. The Morgan fingerprint density at radius 3 is 2.79 bits per heavy atom. The number of rotatable bonds is 7. The van der Waals surface area contributed by atoms with Crippen molar-refractivity contribution in [2.45, 2.75) is 30.5 Å². The number of methoxy groups -OCH3 is 1. The minimum atomic E-state index is -0.198. The molecule has 0 atom stereocenters. The van der Waals surface area contributed by atoms with Crippen LogP contribution in [0, 0.1) is 0 Å². The van der Waals surface area contributed by atoms with Crippen LogP contribution in [0.3, 0.4) is 0 Å². The molecule has 0 fully saturated rings. The SMILES string of the molecule is COc1ccccc1Nc1nnc(SCC(=O)Nc2cc(C(C)(C)C)no2)s1.